The number of nitrogens with one attached hydrogen (secondary N) is 1. The molecule has 0 aliphatic carbocycles. The van der Waals surface area contributed by atoms with Crippen molar-refractivity contribution in [2.75, 3.05) is 13.2 Å². The molecule has 6 heteroatoms. The van der Waals surface area contributed by atoms with Gasteiger partial charge in [0.15, 0.2) is 0 Å². The molecular formula is C73H141NO5. The Kier molecular flexibility index (Phi) is 67.4. The third-order valence-corrected chi connectivity index (χ3v) is 17.0. The van der Waals surface area contributed by atoms with E-state index in [0.717, 1.165) is 44.9 Å². The number of amides is 1. The average Bonchev–Trinajstić information content (AvgIpc) is 3.45. The van der Waals surface area contributed by atoms with Crippen LogP contribution in [0.2, 0.25) is 0 Å². The second kappa shape index (κ2) is 68.8. The minimum absolute atomic E-state index is 0.0108. The predicted octanol–water partition coefficient (Wildman–Crippen LogP) is 23.3. The summed E-state index contributed by atoms with van der Waals surface area (Å²) in [5, 5.41) is 23.2. The summed E-state index contributed by atoms with van der Waals surface area (Å²) in [6.45, 7) is 4.92. The van der Waals surface area contributed by atoms with Gasteiger partial charge < -0.3 is 20.3 Å². The van der Waals surface area contributed by atoms with Crippen molar-refractivity contribution in [1.82, 2.24) is 5.32 Å². The summed E-state index contributed by atoms with van der Waals surface area (Å²) >= 11 is 0. The Morgan fingerprint density at radius 3 is 0.924 bits per heavy atom. The first-order valence-electron chi connectivity index (χ1n) is 36.1. The van der Waals surface area contributed by atoms with Crippen LogP contribution in [0.25, 0.3) is 0 Å². The molecule has 468 valence electrons. The monoisotopic (exact) mass is 1110 g/mol. The van der Waals surface area contributed by atoms with E-state index in [9.17, 15) is 19.8 Å². The van der Waals surface area contributed by atoms with E-state index in [4.69, 9.17) is 4.74 Å². The summed E-state index contributed by atoms with van der Waals surface area (Å²) in [4.78, 5) is 24.5. The second-order valence-electron chi connectivity index (χ2n) is 24.9. The Bertz CT molecular complexity index is 1230. The van der Waals surface area contributed by atoms with Gasteiger partial charge in [0.25, 0.3) is 0 Å². The molecule has 0 aliphatic heterocycles. The van der Waals surface area contributed by atoms with Crippen LogP contribution in [0.5, 0.6) is 0 Å². The molecule has 6 nitrogen and oxygen atoms in total. The first kappa shape index (κ1) is 77.3. The number of aliphatic hydroxyl groups is 2. The van der Waals surface area contributed by atoms with Crippen LogP contribution in [0.3, 0.4) is 0 Å². The van der Waals surface area contributed by atoms with Gasteiger partial charge in [0.2, 0.25) is 5.91 Å². The van der Waals surface area contributed by atoms with Crippen molar-refractivity contribution in [2.45, 2.75) is 418 Å². The lowest BCUT2D eigenvalue weighted by Crippen LogP contribution is -2.45. The molecule has 2 atom stereocenters. The maximum Gasteiger partial charge on any atom is 0.305 e. The van der Waals surface area contributed by atoms with Crippen molar-refractivity contribution in [3.05, 3.63) is 24.3 Å². The lowest BCUT2D eigenvalue weighted by atomic mass is 10.0. The van der Waals surface area contributed by atoms with Crippen LogP contribution in [0.4, 0.5) is 0 Å². The summed E-state index contributed by atoms with van der Waals surface area (Å²) in [5.74, 6) is -0.0491. The minimum atomic E-state index is -0.842. The molecule has 0 radical (unpaired) electrons. The van der Waals surface area contributed by atoms with Gasteiger partial charge in [-0.3, -0.25) is 9.59 Å². The number of hydrogen-bond acceptors (Lipinski definition) is 5. The molecule has 0 saturated carbocycles. The zero-order valence-corrected chi connectivity index (χ0v) is 53.6. The van der Waals surface area contributed by atoms with Crippen molar-refractivity contribution >= 4 is 11.9 Å². The molecule has 79 heavy (non-hydrogen) atoms. The summed E-state index contributed by atoms with van der Waals surface area (Å²) in [5.41, 5.74) is 0. The maximum atomic E-state index is 12.5. The quantitative estimate of drug-likeness (QED) is 0.0320. The Hall–Kier alpha value is -1.66. The van der Waals surface area contributed by atoms with Gasteiger partial charge in [0.1, 0.15) is 0 Å². The number of hydrogen-bond donors (Lipinski definition) is 3. The molecule has 2 unspecified atom stereocenters. The maximum absolute atomic E-state index is 12.5. The Morgan fingerprint density at radius 2 is 0.595 bits per heavy atom. The number of carbonyl (C=O) groups is 2. The van der Waals surface area contributed by atoms with Crippen molar-refractivity contribution in [1.29, 1.82) is 0 Å². The van der Waals surface area contributed by atoms with Crippen LogP contribution in [0, 0.1) is 0 Å². The van der Waals surface area contributed by atoms with Crippen LogP contribution < -0.4 is 5.32 Å². The van der Waals surface area contributed by atoms with Crippen molar-refractivity contribution < 1.29 is 24.5 Å². The standard InChI is InChI=1S/C73H141NO5/c1-3-5-7-9-11-13-15-17-18-19-33-36-39-42-45-49-53-57-61-65-71(76)70(69-75)74-72(77)66-62-58-54-50-46-43-40-37-34-31-29-27-25-23-21-20-22-24-26-28-30-32-35-38-41-44-48-52-56-60-64-68-79-73(78)67-63-59-55-51-47-16-14-12-10-8-6-4-2/h12,14,61,65,70-71,75-76H,3-11,13,15-60,62-64,66-69H2,1-2H3,(H,74,77)/b14-12-,65-61+. The number of esters is 1. The van der Waals surface area contributed by atoms with Crippen LogP contribution in [0.15, 0.2) is 24.3 Å². The number of rotatable bonds is 68. The lowest BCUT2D eigenvalue weighted by Gasteiger charge is -2.20. The summed E-state index contributed by atoms with van der Waals surface area (Å²) in [7, 11) is 0. The highest BCUT2D eigenvalue weighted by molar-refractivity contribution is 5.76. The third-order valence-electron chi connectivity index (χ3n) is 17.0. The number of aliphatic hydroxyl groups excluding tert-OH is 2. The molecule has 0 aromatic rings. The predicted molar refractivity (Wildman–Crippen MR) is 347 cm³/mol. The smallest absolute Gasteiger partial charge is 0.305 e. The van der Waals surface area contributed by atoms with Gasteiger partial charge in [0.05, 0.1) is 25.4 Å². The molecule has 0 heterocycles. The molecule has 0 rings (SSSR count). The van der Waals surface area contributed by atoms with Gasteiger partial charge in [-0.25, -0.2) is 0 Å². The zero-order valence-electron chi connectivity index (χ0n) is 53.6. The molecule has 0 spiro atoms. The Morgan fingerprint density at radius 1 is 0.342 bits per heavy atom. The number of unbranched alkanes of at least 4 members (excludes halogenated alkanes) is 55. The summed E-state index contributed by atoms with van der Waals surface area (Å²) in [6, 6.07) is -0.625. The Balaban J connectivity index is 3.35. The molecule has 0 saturated heterocycles. The molecule has 0 fully saturated rings. The van der Waals surface area contributed by atoms with Gasteiger partial charge in [-0.2, -0.15) is 0 Å². The van der Waals surface area contributed by atoms with Gasteiger partial charge in [-0.05, 0) is 57.8 Å². The van der Waals surface area contributed by atoms with E-state index in [1.54, 1.807) is 6.08 Å². The highest BCUT2D eigenvalue weighted by Crippen LogP contribution is 2.19. The molecule has 1 amide bonds. The van der Waals surface area contributed by atoms with Crippen LogP contribution in [-0.4, -0.2) is 47.4 Å². The lowest BCUT2D eigenvalue weighted by molar-refractivity contribution is -0.143. The van der Waals surface area contributed by atoms with E-state index >= 15 is 0 Å². The highest BCUT2D eigenvalue weighted by Gasteiger charge is 2.18. The van der Waals surface area contributed by atoms with Gasteiger partial charge in [-0.1, -0.05) is 359 Å². The Labute approximate surface area is 494 Å². The average molecular weight is 1110 g/mol. The fraction of sp³-hybridized carbons (Fsp3) is 0.918. The largest absolute Gasteiger partial charge is 0.466 e. The number of allylic oxidation sites excluding steroid dienone is 3. The minimum Gasteiger partial charge on any atom is -0.466 e. The first-order chi connectivity index (χ1) is 39.0. The normalized spacial score (nSPS) is 12.6. The van der Waals surface area contributed by atoms with Crippen molar-refractivity contribution in [2.24, 2.45) is 0 Å². The highest BCUT2D eigenvalue weighted by atomic mass is 16.5. The van der Waals surface area contributed by atoms with Gasteiger partial charge in [-0.15, -0.1) is 0 Å². The van der Waals surface area contributed by atoms with E-state index in [-0.39, 0.29) is 18.5 Å². The SMILES string of the molecule is CCCCC/C=C\CCCCCCCC(=O)OCCCCCCCCCCCCCCCCCCCCCCCCCCCCCCCCCC(=O)NC(CO)C(O)/C=C/CCCCCCCCCCCCCCCCCCC. The topological polar surface area (TPSA) is 95.9 Å². The summed E-state index contributed by atoms with van der Waals surface area (Å²) < 4.78 is 5.48. The van der Waals surface area contributed by atoms with E-state index < -0.39 is 12.1 Å². The molecule has 3 N–H and O–H groups in total. The number of carbonyl (C=O) groups excluding carboxylic acids is 2. The third kappa shape index (κ3) is 65.4. The van der Waals surface area contributed by atoms with E-state index in [1.807, 2.05) is 6.08 Å². The molecule has 0 aliphatic rings. The van der Waals surface area contributed by atoms with Crippen LogP contribution in [-0.2, 0) is 14.3 Å². The summed E-state index contributed by atoms with van der Waals surface area (Å²) in [6.07, 6.45) is 87.0. The van der Waals surface area contributed by atoms with Crippen molar-refractivity contribution in [3.63, 3.8) is 0 Å². The van der Waals surface area contributed by atoms with E-state index in [0.29, 0.717) is 19.4 Å². The molecule has 0 aromatic carbocycles. The first-order valence-corrected chi connectivity index (χ1v) is 36.1. The van der Waals surface area contributed by atoms with Crippen molar-refractivity contribution in [3.8, 4) is 0 Å². The van der Waals surface area contributed by atoms with Gasteiger partial charge in [0, 0.05) is 12.8 Å². The van der Waals surface area contributed by atoms with E-state index in [1.165, 1.54) is 334 Å². The fourth-order valence-corrected chi connectivity index (χ4v) is 11.5. The zero-order chi connectivity index (χ0) is 57.1. The van der Waals surface area contributed by atoms with E-state index in [2.05, 4.69) is 31.3 Å². The van der Waals surface area contributed by atoms with Crippen LogP contribution >= 0.6 is 0 Å². The molecular weight excluding hydrogens is 971 g/mol. The number of ether oxygens (including phenoxy) is 1. The molecule has 0 aromatic heterocycles. The fourth-order valence-electron chi connectivity index (χ4n) is 11.5. The van der Waals surface area contributed by atoms with Crippen LogP contribution in [0.1, 0.15) is 406 Å². The molecule has 0 bridgehead atoms. The second-order valence-corrected chi connectivity index (χ2v) is 24.9. The van der Waals surface area contributed by atoms with Gasteiger partial charge >= 0.3 is 5.97 Å².